The lowest BCUT2D eigenvalue weighted by molar-refractivity contribution is 0.181. The Balaban J connectivity index is 1.65. The van der Waals surface area contributed by atoms with Crippen LogP contribution < -0.4 is 4.90 Å². The van der Waals surface area contributed by atoms with Crippen molar-refractivity contribution in [3.8, 4) is 0 Å². The summed E-state index contributed by atoms with van der Waals surface area (Å²) in [7, 11) is 0. The van der Waals surface area contributed by atoms with Crippen LogP contribution in [0, 0.1) is 5.82 Å². The van der Waals surface area contributed by atoms with Crippen molar-refractivity contribution >= 4 is 11.8 Å². The molecule has 2 heterocycles. The van der Waals surface area contributed by atoms with E-state index in [-0.39, 0.29) is 5.69 Å². The number of halogens is 1. The van der Waals surface area contributed by atoms with E-state index in [1.807, 2.05) is 6.20 Å². The quantitative estimate of drug-likeness (QED) is 0.869. The molecular formula is C18H18FN3O2. The van der Waals surface area contributed by atoms with Gasteiger partial charge < -0.3 is 4.74 Å². The van der Waals surface area contributed by atoms with Gasteiger partial charge >= 0.3 is 6.09 Å². The molecule has 1 fully saturated rings. The molecular weight excluding hydrogens is 309 g/mol. The molecule has 0 atom stereocenters. The zero-order chi connectivity index (χ0) is 16.5. The molecule has 2 aliphatic rings. The zero-order valence-electron chi connectivity index (χ0n) is 13.3. The number of fused-ring (bicyclic) bond motifs is 1. The maximum atomic E-state index is 14.1. The van der Waals surface area contributed by atoms with E-state index in [2.05, 4.69) is 10.2 Å². The lowest BCUT2D eigenvalue weighted by Gasteiger charge is -2.18. The molecule has 0 N–H and O–H groups in total. The molecule has 1 aromatic heterocycles. The maximum absolute atomic E-state index is 14.1. The standard InChI is InChI=1S/C18H18FN3O2/c19-15-6-5-12(10-17(15)22-7-8-24-18(22)23)9-16-14-4-2-1-3-13(14)11-20-21-16/h5-6,10-11H,1-4,7-9H2. The maximum Gasteiger partial charge on any atom is 0.414 e. The second-order valence-electron chi connectivity index (χ2n) is 6.23. The van der Waals surface area contributed by atoms with Crippen molar-refractivity contribution in [1.29, 1.82) is 0 Å². The Morgan fingerprint density at radius 3 is 2.96 bits per heavy atom. The number of carbonyl (C=O) groups excluding carboxylic acids is 1. The van der Waals surface area contributed by atoms with Crippen molar-refractivity contribution in [2.45, 2.75) is 32.1 Å². The second kappa shape index (κ2) is 6.19. The highest BCUT2D eigenvalue weighted by Crippen LogP contribution is 2.27. The normalized spacial score (nSPS) is 16.9. The monoisotopic (exact) mass is 327 g/mol. The molecule has 5 nitrogen and oxygen atoms in total. The number of ether oxygens (including phenoxy) is 1. The number of aryl methyl sites for hydroxylation is 1. The number of nitrogens with zero attached hydrogens (tertiary/aromatic N) is 3. The van der Waals surface area contributed by atoms with Crippen LogP contribution in [0.15, 0.2) is 24.4 Å². The third-order valence-electron chi connectivity index (χ3n) is 4.68. The van der Waals surface area contributed by atoms with Gasteiger partial charge in [0.2, 0.25) is 0 Å². The largest absolute Gasteiger partial charge is 0.447 e. The fraction of sp³-hybridized carbons (Fsp3) is 0.389. The predicted molar refractivity (Wildman–Crippen MR) is 86.6 cm³/mol. The number of anilines is 1. The van der Waals surface area contributed by atoms with Crippen LogP contribution in [0.1, 0.15) is 35.2 Å². The fourth-order valence-electron chi connectivity index (χ4n) is 3.45. The van der Waals surface area contributed by atoms with Crippen LogP contribution in [0.4, 0.5) is 14.9 Å². The van der Waals surface area contributed by atoms with Crippen molar-refractivity contribution in [3.63, 3.8) is 0 Å². The van der Waals surface area contributed by atoms with Crippen molar-refractivity contribution in [2.24, 2.45) is 0 Å². The first-order valence-corrected chi connectivity index (χ1v) is 8.27. The lowest BCUT2D eigenvalue weighted by atomic mass is 9.90. The number of aromatic nitrogens is 2. The van der Waals surface area contributed by atoms with Crippen LogP contribution in [-0.4, -0.2) is 29.4 Å². The molecule has 1 aliphatic carbocycles. The molecule has 2 aromatic rings. The first-order chi connectivity index (χ1) is 11.7. The van der Waals surface area contributed by atoms with Crippen molar-refractivity contribution < 1.29 is 13.9 Å². The summed E-state index contributed by atoms with van der Waals surface area (Å²) < 4.78 is 19.0. The van der Waals surface area contributed by atoms with Crippen molar-refractivity contribution in [3.05, 3.63) is 52.6 Å². The summed E-state index contributed by atoms with van der Waals surface area (Å²) in [5.41, 5.74) is 4.69. The highest BCUT2D eigenvalue weighted by atomic mass is 19.1. The van der Waals surface area contributed by atoms with Crippen LogP contribution in [0.3, 0.4) is 0 Å². The average Bonchev–Trinajstić information content (AvgIpc) is 3.03. The molecule has 0 spiro atoms. The van der Waals surface area contributed by atoms with Gasteiger partial charge in [0.15, 0.2) is 0 Å². The van der Waals surface area contributed by atoms with Crippen LogP contribution in [-0.2, 0) is 24.0 Å². The summed E-state index contributed by atoms with van der Waals surface area (Å²) in [6.45, 7) is 0.667. The molecule has 0 bridgehead atoms. The summed E-state index contributed by atoms with van der Waals surface area (Å²) in [6, 6.07) is 4.86. The Bertz CT molecular complexity index is 794. The molecule has 0 radical (unpaired) electrons. The molecule has 0 unspecified atom stereocenters. The molecule has 124 valence electrons. The van der Waals surface area contributed by atoms with E-state index >= 15 is 0 Å². The summed E-state index contributed by atoms with van der Waals surface area (Å²) in [5.74, 6) is -0.418. The minimum atomic E-state index is -0.497. The molecule has 1 saturated heterocycles. The molecule has 4 rings (SSSR count). The minimum Gasteiger partial charge on any atom is -0.447 e. The third-order valence-corrected chi connectivity index (χ3v) is 4.68. The van der Waals surface area contributed by atoms with Crippen LogP contribution >= 0.6 is 0 Å². The van der Waals surface area contributed by atoms with E-state index < -0.39 is 11.9 Å². The minimum absolute atomic E-state index is 0.271. The number of benzene rings is 1. The van der Waals surface area contributed by atoms with E-state index in [0.29, 0.717) is 19.6 Å². The summed E-state index contributed by atoms with van der Waals surface area (Å²) in [4.78, 5) is 13.0. The zero-order valence-corrected chi connectivity index (χ0v) is 13.3. The first kappa shape index (κ1) is 15.1. The SMILES string of the molecule is O=C1OCCN1c1cc(Cc2nncc3c2CCCC3)ccc1F. The number of rotatable bonds is 3. The Morgan fingerprint density at radius 1 is 1.25 bits per heavy atom. The van der Waals surface area contributed by atoms with Gasteiger partial charge in [0.05, 0.1) is 24.1 Å². The van der Waals surface area contributed by atoms with Crippen molar-refractivity contribution in [2.75, 3.05) is 18.1 Å². The van der Waals surface area contributed by atoms with Gasteiger partial charge in [0.1, 0.15) is 12.4 Å². The smallest absolute Gasteiger partial charge is 0.414 e. The van der Waals surface area contributed by atoms with E-state index in [1.54, 1.807) is 12.1 Å². The molecule has 1 aliphatic heterocycles. The molecule has 24 heavy (non-hydrogen) atoms. The van der Waals surface area contributed by atoms with Crippen LogP contribution in [0.2, 0.25) is 0 Å². The van der Waals surface area contributed by atoms with E-state index in [4.69, 9.17) is 4.74 Å². The summed E-state index contributed by atoms with van der Waals surface area (Å²) >= 11 is 0. The topological polar surface area (TPSA) is 55.3 Å². The second-order valence-corrected chi connectivity index (χ2v) is 6.23. The van der Waals surface area contributed by atoms with Gasteiger partial charge in [-0.05, 0) is 54.5 Å². The van der Waals surface area contributed by atoms with Crippen LogP contribution in [0.5, 0.6) is 0 Å². The molecule has 6 heteroatoms. The Morgan fingerprint density at radius 2 is 2.12 bits per heavy atom. The Kier molecular flexibility index (Phi) is 3.88. The molecule has 0 saturated carbocycles. The Hall–Kier alpha value is -2.50. The van der Waals surface area contributed by atoms with Crippen LogP contribution in [0.25, 0.3) is 0 Å². The summed E-state index contributed by atoms with van der Waals surface area (Å²) in [6.07, 6.45) is 6.37. The summed E-state index contributed by atoms with van der Waals surface area (Å²) in [5, 5.41) is 8.42. The lowest BCUT2D eigenvalue weighted by Crippen LogP contribution is -2.24. The van der Waals surface area contributed by atoms with E-state index in [0.717, 1.165) is 24.1 Å². The Labute approximate surface area is 139 Å². The molecule has 1 amide bonds. The van der Waals surface area contributed by atoms with Gasteiger partial charge in [-0.1, -0.05) is 6.07 Å². The van der Waals surface area contributed by atoms with Gasteiger partial charge in [0.25, 0.3) is 0 Å². The van der Waals surface area contributed by atoms with Gasteiger partial charge in [-0.3, -0.25) is 4.90 Å². The van der Waals surface area contributed by atoms with Crippen molar-refractivity contribution in [1.82, 2.24) is 10.2 Å². The van der Waals surface area contributed by atoms with Gasteiger partial charge in [0, 0.05) is 6.42 Å². The van der Waals surface area contributed by atoms with E-state index in [9.17, 15) is 9.18 Å². The number of hydrogen-bond donors (Lipinski definition) is 0. The molecule has 1 aromatic carbocycles. The van der Waals surface area contributed by atoms with Gasteiger partial charge in [-0.25, -0.2) is 9.18 Å². The van der Waals surface area contributed by atoms with E-state index in [1.165, 1.54) is 34.9 Å². The number of amides is 1. The first-order valence-electron chi connectivity index (χ1n) is 8.27. The predicted octanol–water partition coefficient (Wildman–Crippen LogP) is 3.04. The number of hydrogen-bond acceptors (Lipinski definition) is 4. The van der Waals surface area contributed by atoms with Gasteiger partial charge in [-0.15, -0.1) is 0 Å². The highest BCUT2D eigenvalue weighted by Gasteiger charge is 2.26. The third kappa shape index (κ3) is 2.72. The number of cyclic esters (lactones) is 1. The average molecular weight is 327 g/mol. The van der Waals surface area contributed by atoms with Gasteiger partial charge in [-0.2, -0.15) is 10.2 Å². The fourth-order valence-corrected chi connectivity index (χ4v) is 3.45. The number of carbonyl (C=O) groups is 1. The highest BCUT2D eigenvalue weighted by molar-refractivity contribution is 5.89.